The van der Waals surface area contributed by atoms with Gasteiger partial charge in [-0.15, -0.1) is 11.8 Å². The van der Waals surface area contributed by atoms with Crippen LogP contribution in [-0.4, -0.2) is 39.6 Å². The summed E-state index contributed by atoms with van der Waals surface area (Å²) >= 11 is 1.48. The first-order valence-electron chi connectivity index (χ1n) is 4.86. The first-order chi connectivity index (χ1) is 7.07. The second-order valence-electron chi connectivity index (χ2n) is 3.42. The number of carboxylic acids is 1. The fourth-order valence-corrected chi connectivity index (χ4v) is 2.61. The highest BCUT2D eigenvalue weighted by Gasteiger charge is 2.34. The van der Waals surface area contributed by atoms with Gasteiger partial charge in [0.15, 0.2) is 0 Å². The minimum atomic E-state index is -0.919. The minimum Gasteiger partial charge on any atom is -0.480 e. The monoisotopic (exact) mass is 229 g/mol. The van der Waals surface area contributed by atoms with Crippen molar-refractivity contribution in [1.29, 1.82) is 0 Å². The molecule has 0 aliphatic carbocycles. The van der Waals surface area contributed by atoms with Crippen LogP contribution in [0.5, 0.6) is 0 Å². The first kappa shape index (κ1) is 12.1. The molecule has 1 heterocycles. The van der Waals surface area contributed by atoms with Crippen LogP contribution in [0.3, 0.4) is 0 Å². The molecule has 1 aliphatic heterocycles. The van der Waals surface area contributed by atoms with Gasteiger partial charge in [-0.3, -0.25) is 4.79 Å². The van der Waals surface area contributed by atoms with Crippen molar-refractivity contribution in [3.05, 3.63) is 11.6 Å². The third-order valence-electron chi connectivity index (χ3n) is 2.28. The second kappa shape index (κ2) is 5.21. The summed E-state index contributed by atoms with van der Waals surface area (Å²) in [5, 5.41) is 8.92. The molecule has 1 aliphatic rings. The van der Waals surface area contributed by atoms with Crippen LogP contribution < -0.4 is 0 Å². The molecule has 1 N–H and O–H groups in total. The Morgan fingerprint density at radius 3 is 2.80 bits per heavy atom. The van der Waals surface area contributed by atoms with Gasteiger partial charge in [-0.05, 0) is 13.3 Å². The number of amides is 1. The number of carboxylic acid groups (broad SMARTS) is 1. The molecule has 0 spiro atoms. The van der Waals surface area contributed by atoms with E-state index in [0.29, 0.717) is 17.2 Å². The zero-order valence-electron chi connectivity index (χ0n) is 8.90. The lowest BCUT2D eigenvalue weighted by Crippen LogP contribution is -2.42. The fourth-order valence-electron chi connectivity index (χ4n) is 1.47. The zero-order chi connectivity index (χ0) is 11.4. The number of hydrogen-bond donors (Lipinski definition) is 1. The van der Waals surface area contributed by atoms with Gasteiger partial charge in [0.25, 0.3) is 5.91 Å². The Morgan fingerprint density at radius 1 is 1.60 bits per heavy atom. The molecule has 0 aromatic rings. The van der Waals surface area contributed by atoms with Gasteiger partial charge >= 0.3 is 5.97 Å². The molecule has 0 bridgehead atoms. The molecular weight excluding hydrogens is 214 g/mol. The average molecular weight is 229 g/mol. The van der Waals surface area contributed by atoms with Gasteiger partial charge in [0.1, 0.15) is 6.04 Å². The SMILES string of the molecule is CC/C=C(/C)C(=O)N1CSC[C@H]1C(=O)O. The Morgan fingerprint density at radius 2 is 2.27 bits per heavy atom. The van der Waals surface area contributed by atoms with Crippen molar-refractivity contribution in [2.45, 2.75) is 26.3 Å². The molecule has 0 aromatic carbocycles. The molecule has 1 rings (SSSR count). The number of carbonyl (C=O) groups is 2. The molecule has 0 radical (unpaired) electrons. The minimum absolute atomic E-state index is 0.158. The largest absolute Gasteiger partial charge is 0.480 e. The van der Waals surface area contributed by atoms with E-state index in [-0.39, 0.29) is 5.91 Å². The van der Waals surface area contributed by atoms with Crippen molar-refractivity contribution in [2.24, 2.45) is 0 Å². The van der Waals surface area contributed by atoms with Crippen molar-refractivity contribution >= 4 is 23.6 Å². The highest BCUT2D eigenvalue weighted by atomic mass is 32.2. The molecule has 0 unspecified atom stereocenters. The lowest BCUT2D eigenvalue weighted by atomic mass is 10.2. The summed E-state index contributed by atoms with van der Waals surface area (Å²) in [5.41, 5.74) is 0.631. The van der Waals surface area contributed by atoms with E-state index in [1.807, 2.05) is 13.0 Å². The van der Waals surface area contributed by atoms with Crippen LogP contribution in [-0.2, 0) is 9.59 Å². The summed E-state index contributed by atoms with van der Waals surface area (Å²) in [6.07, 6.45) is 2.61. The normalized spacial score (nSPS) is 21.9. The van der Waals surface area contributed by atoms with Crippen molar-refractivity contribution in [2.75, 3.05) is 11.6 Å². The summed E-state index contributed by atoms with van der Waals surface area (Å²) in [7, 11) is 0. The van der Waals surface area contributed by atoms with Crippen LogP contribution in [0.1, 0.15) is 20.3 Å². The van der Waals surface area contributed by atoms with Gasteiger partial charge < -0.3 is 10.0 Å². The second-order valence-corrected chi connectivity index (χ2v) is 4.42. The molecular formula is C10H15NO3S. The molecule has 4 nitrogen and oxygen atoms in total. The van der Waals surface area contributed by atoms with Crippen molar-refractivity contribution < 1.29 is 14.7 Å². The van der Waals surface area contributed by atoms with Crippen molar-refractivity contribution in [3.8, 4) is 0 Å². The maximum atomic E-state index is 11.8. The summed E-state index contributed by atoms with van der Waals surface area (Å²) < 4.78 is 0. The van der Waals surface area contributed by atoms with E-state index < -0.39 is 12.0 Å². The number of thioether (sulfide) groups is 1. The molecule has 15 heavy (non-hydrogen) atoms. The Labute approximate surface area is 93.3 Å². The third kappa shape index (κ3) is 2.75. The van der Waals surface area contributed by atoms with Crippen LogP contribution >= 0.6 is 11.8 Å². The van der Waals surface area contributed by atoms with Gasteiger partial charge in [-0.1, -0.05) is 13.0 Å². The first-order valence-corrected chi connectivity index (χ1v) is 6.01. The Hall–Kier alpha value is -0.970. The van der Waals surface area contributed by atoms with Crippen LogP contribution in [0, 0.1) is 0 Å². The highest BCUT2D eigenvalue weighted by Crippen LogP contribution is 2.22. The number of nitrogens with zero attached hydrogens (tertiary/aromatic N) is 1. The quantitative estimate of drug-likeness (QED) is 0.742. The van der Waals surface area contributed by atoms with Crippen LogP contribution in [0.15, 0.2) is 11.6 Å². The molecule has 0 aromatic heterocycles. The topological polar surface area (TPSA) is 57.6 Å². The molecule has 1 saturated heterocycles. The maximum Gasteiger partial charge on any atom is 0.327 e. The number of hydrogen-bond acceptors (Lipinski definition) is 3. The molecule has 1 fully saturated rings. The van der Waals surface area contributed by atoms with E-state index in [9.17, 15) is 9.59 Å². The molecule has 84 valence electrons. The Balaban J connectivity index is 2.75. The van der Waals surface area contributed by atoms with Crippen LogP contribution in [0.2, 0.25) is 0 Å². The van der Waals surface area contributed by atoms with E-state index >= 15 is 0 Å². The van der Waals surface area contributed by atoms with Gasteiger partial charge in [0, 0.05) is 11.3 Å². The third-order valence-corrected chi connectivity index (χ3v) is 3.29. The fraction of sp³-hybridized carbons (Fsp3) is 0.600. The number of rotatable bonds is 3. The maximum absolute atomic E-state index is 11.8. The van der Waals surface area contributed by atoms with Gasteiger partial charge in [-0.2, -0.15) is 0 Å². The number of carbonyl (C=O) groups excluding carboxylic acids is 1. The summed E-state index contributed by atoms with van der Waals surface area (Å²) in [5.74, 6) is -0.113. The smallest absolute Gasteiger partial charge is 0.327 e. The average Bonchev–Trinajstić information content (AvgIpc) is 2.65. The number of allylic oxidation sites excluding steroid dienone is 1. The van der Waals surface area contributed by atoms with E-state index in [1.54, 1.807) is 6.92 Å². The molecule has 5 heteroatoms. The lowest BCUT2D eigenvalue weighted by molar-refractivity contribution is -0.146. The molecule has 0 saturated carbocycles. The highest BCUT2D eigenvalue weighted by molar-refractivity contribution is 7.99. The summed E-state index contributed by atoms with van der Waals surface area (Å²) in [4.78, 5) is 24.1. The van der Waals surface area contributed by atoms with Crippen molar-refractivity contribution in [3.63, 3.8) is 0 Å². The van der Waals surface area contributed by atoms with Gasteiger partial charge in [0.05, 0.1) is 5.88 Å². The van der Waals surface area contributed by atoms with E-state index in [2.05, 4.69) is 0 Å². The Bertz CT molecular complexity index is 301. The van der Waals surface area contributed by atoms with Crippen LogP contribution in [0.25, 0.3) is 0 Å². The predicted octanol–water partition coefficient (Wildman–Crippen LogP) is 1.33. The van der Waals surface area contributed by atoms with E-state index in [0.717, 1.165) is 6.42 Å². The van der Waals surface area contributed by atoms with Crippen LogP contribution in [0.4, 0.5) is 0 Å². The van der Waals surface area contributed by atoms with Gasteiger partial charge in [0.2, 0.25) is 0 Å². The predicted molar refractivity (Wildman–Crippen MR) is 59.6 cm³/mol. The standard InChI is InChI=1S/C10H15NO3S/c1-3-4-7(2)9(12)11-6-15-5-8(11)10(13)14/h4,8H,3,5-6H2,1-2H3,(H,13,14)/b7-4-/t8-/m0/s1. The lowest BCUT2D eigenvalue weighted by Gasteiger charge is -2.20. The molecule has 1 atom stereocenters. The van der Waals surface area contributed by atoms with E-state index in [1.165, 1.54) is 16.7 Å². The van der Waals surface area contributed by atoms with Crippen molar-refractivity contribution in [1.82, 2.24) is 4.90 Å². The summed E-state index contributed by atoms with van der Waals surface area (Å²) in [6, 6.07) is -0.664. The molecule has 1 amide bonds. The van der Waals surface area contributed by atoms with E-state index in [4.69, 9.17) is 5.11 Å². The number of aliphatic carboxylic acids is 1. The Kier molecular flexibility index (Phi) is 4.20. The summed E-state index contributed by atoms with van der Waals surface area (Å²) in [6.45, 7) is 3.68. The zero-order valence-corrected chi connectivity index (χ0v) is 9.71. The van der Waals surface area contributed by atoms with Gasteiger partial charge in [-0.25, -0.2) is 4.79 Å².